The molecule has 0 saturated carbocycles. The average Bonchev–Trinajstić information content (AvgIpc) is 2.99. The van der Waals surface area contributed by atoms with Gasteiger partial charge in [-0.05, 0) is 29.7 Å². The summed E-state index contributed by atoms with van der Waals surface area (Å²) < 4.78 is 16.3. The number of hydrogen-bond donors (Lipinski definition) is 0. The number of carbonyl (C=O) groups excluding carboxylic acids is 1. The van der Waals surface area contributed by atoms with Gasteiger partial charge in [0.25, 0.3) is 0 Å². The Morgan fingerprint density at radius 2 is 1.91 bits per heavy atom. The van der Waals surface area contributed by atoms with E-state index in [4.69, 9.17) is 14.2 Å². The fourth-order valence-corrected chi connectivity index (χ4v) is 2.72. The molecule has 120 valence electrons. The van der Waals surface area contributed by atoms with Gasteiger partial charge in [-0.25, -0.2) is 0 Å². The molecule has 0 radical (unpaired) electrons. The van der Waals surface area contributed by atoms with Crippen LogP contribution in [0.25, 0.3) is 0 Å². The van der Waals surface area contributed by atoms with Gasteiger partial charge in [-0.1, -0.05) is 36.4 Å². The molecule has 1 atom stereocenters. The van der Waals surface area contributed by atoms with E-state index in [-0.39, 0.29) is 11.9 Å². The van der Waals surface area contributed by atoms with E-state index in [0.717, 1.165) is 23.3 Å². The van der Waals surface area contributed by atoms with Gasteiger partial charge in [-0.15, -0.1) is 0 Å². The molecule has 3 rings (SSSR count). The predicted molar refractivity (Wildman–Crippen MR) is 86.5 cm³/mol. The first-order valence-corrected chi connectivity index (χ1v) is 7.74. The Bertz CT molecular complexity index is 666. The SMILES string of the molecule is [13CH3]Oc1cc(CC2COC(=O)C2)ccc1OCc1ccccc1. The Balaban J connectivity index is 1.65. The number of esters is 1. The maximum absolute atomic E-state index is 11.2. The highest BCUT2D eigenvalue weighted by atomic mass is 16.5. The van der Waals surface area contributed by atoms with Crippen molar-refractivity contribution in [3.05, 3.63) is 59.7 Å². The van der Waals surface area contributed by atoms with Crippen molar-refractivity contribution in [2.24, 2.45) is 5.92 Å². The summed E-state index contributed by atoms with van der Waals surface area (Å²) in [4.78, 5) is 11.2. The number of rotatable bonds is 6. The lowest BCUT2D eigenvalue weighted by Gasteiger charge is -2.13. The Morgan fingerprint density at radius 3 is 2.61 bits per heavy atom. The van der Waals surface area contributed by atoms with Crippen molar-refractivity contribution in [2.75, 3.05) is 13.7 Å². The van der Waals surface area contributed by atoms with Crippen molar-refractivity contribution < 1.29 is 19.0 Å². The number of ether oxygens (including phenoxy) is 3. The van der Waals surface area contributed by atoms with Crippen LogP contribution in [0.4, 0.5) is 0 Å². The van der Waals surface area contributed by atoms with Gasteiger partial charge in [-0.2, -0.15) is 0 Å². The summed E-state index contributed by atoms with van der Waals surface area (Å²) >= 11 is 0. The zero-order valence-electron chi connectivity index (χ0n) is 13.2. The van der Waals surface area contributed by atoms with Crippen molar-refractivity contribution >= 4 is 5.97 Å². The fraction of sp³-hybridized carbons (Fsp3) is 0.316. The zero-order chi connectivity index (χ0) is 16.1. The first-order chi connectivity index (χ1) is 11.2. The van der Waals surface area contributed by atoms with E-state index in [2.05, 4.69) is 0 Å². The lowest BCUT2D eigenvalue weighted by Crippen LogP contribution is -2.04. The second kappa shape index (κ2) is 7.18. The molecule has 2 aromatic carbocycles. The number of hydrogen-bond acceptors (Lipinski definition) is 4. The summed E-state index contributed by atoms with van der Waals surface area (Å²) in [6.07, 6.45) is 1.30. The van der Waals surface area contributed by atoms with Gasteiger partial charge in [-0.3, -0.25) is 4.79 Å². The molecule has 1 unspecified atom stereocenters. The molecule has 0 aliphatic carbocycles. The van der Waals surface area contributed by atoms with Crippen molar-refractivity contribution in [2.45, 2.75) is 19.4 Å². The predicted octanol–water partition coefficient (Wildman–Crippen LogP) is 3.38. The lowest BCUT2D eigenvalue weighted by molar-refractivity contribution is -0.137. The van der Waals surface area contributed by atoms with Crippen LogP contribution in [0.5, 0.6) is 11.5 Å². The third kappa shape index (κ3) is 4.03. The van der Waals surface area contributed by atoms with E-state index in [0.29, 0.717) is 25.4 Å². The van der Waals surface area contributed by atoms with Gasteiger partial charge in [0, 0.05) is 5.92 Å². The summed E-state index contributed by atoms with van der Waals surface area (Å²) in [5, 5.41) is 0. The highest BCUT2D eigenvalue weighted by Gasteiger charge is 2.24. The standard InChI is InChI=1S/C19H20O4/c1-21-18-10-15(9-16-11-19(20)23-13-16)7-8-17(18)22-12-14-5-3-2-4-6-14/h2-8,10,16H,9,11-13H2,1H3/i1+1. The van der Waals surface area contributed by atoms with Gasteiger partial charge >= 0.3 is 5.97 Å². The first kappa shape index (κ1) is 15.4. The van der Waals surface area contributed by atoms with Crippen LogP contribution in [0.1, 0.15) is 17.5 Å². The maximum Gasteiger partial charge on any atom is 0.306 e. The van der Waals surface area contributed by atoms with Gasteiger partial charge < -0.3 is 14.2 Å². The monoisotopic (exact) mass is 313 g/mol. The molecule has 0 N–H and O–H groups in total. The quantitative estimate of drug-likeness (QED) is 0.606. The largest absolute Gasteiger partial charge is 0.493 e. The molecular weight excluding hydrogens is 293 g/mol. The minimum Gasteiger partial charge on any atom is -0.493 e. The highest BCUT2D eigenvalue weighted by molar-refractivity contribution is 5.71. The summed E-state index contributed by atoms with van der Waals surface area (Å²) in [5.41, 5.74) is 2.23. The minimum absolute atomic E-state index is 0.107. The number of methoxy groups -OCH3 is 1. The summed E-state index contributed by atoms with van der Waals surface area (Å²) in [6.45, 7) is 1.01. The minimum atomic E-state index is -0.107. The Kier molecular flexibility index (Phi) is 4.81. The molecule has 0 bridgehead atoms. The molecule has 1 aliphatic rings. The smallest absolute Gasteiger partial charge is 0.306 e. The molecule has 1 heterocycles. The van der Waals surface area contributed by atoms with Crippen LogP contribution in [0.2, 0.25) is 0 Å². The topological polar surface area (TPSA) is 44.8 Å². The summed E-state index contributed by atoms with van der Waals surface area (Å²) in [7, 11) is 1.64. The molecule has 2 aromatic rings. The lowest BCUT2D eigenvalue weighted by atomic mass is 9.98. The fourth-order valence-electron chi connectivity index (χ4n) is 2.72. The maximum atomic E-state index is 11.2. The van der Waals surface area contributed by atoms with Crippen LogP contribution < -0.4 is 9.47 Å². The van der Waals surface area contributed by atoms with Gasteiger partial charge in [0.2, 0.25) is 0 Å². The van der Waals surface area contributed by atoms with Crippen LogP contribution >= 0.6 is 0 Å². The Hall–Kier alpha value is -2.49. The van der Waals surface area contributed by atoms with E-state index >= 15 is 0 Å². The molecule has 23 heavy (non-hydrogen) atoms. The van der Waals surface area contributed by atoms with Crippen LogP contribution in [-0.4, -0.2) is 19.7 Å². The van der Waals surface area contributed by atoms with Crippen LogP contribution in [0, 0.1) is 5.92 Å². The van der Waals surface area contributed by atoms with Crippen LogP contribution in [0.3, 0.4) is 0 Å². The number of cyclic esters (lactones) is 1. The first-order valence-electron chi connectivity index (χ1n) is 7.74. The third-order valence-electron chi connectivity index (χ3n) is 3.92. The van der Waals surface area contributed by atoms with E-state index in [1.807, 2.05) is 48.5 Å². The van der Waals surface area contributed by atoms with Gasteiger partial charge in [0.15, 0.2) is 11.5 Å². The van der Waals surface area contributed by atoms with Crippen molar-refractivity contribution in [3.63, 3.8) is 0 Å². The Labute approximate surface area is 136 Å². The van der Waals surface area contributed by atoms with Crippen LogP contribution in [-0.2, 0) is 22.6 Å². The number of carbonyl (C=O) groups is 1. The van der Waals surface area contributed by atoms with Crippen molar-refractivity contribution in [3.8, 4) is 11.5 Å². The molecule has 1 saturated heterocycles. The molecule has 0 spiro atoms. The molecule has 0 aromatic heterocycles. The zero-order valence-corrected chi connectivity index (χ0v) is 13.2. The average molecular weight is 313 g/mol. The van der Waals surface area contributed by atoms with E-state index in [1.165, 1.54) is 0 Å². The number of benzene rings is 2. The van der Waals surface area contributed by atoms with E-state index < -0.39 is 0 Å². The second-order valence-corrected chi connectivity index (χ2v) is 5.72. The Morgan fingerprint density at radius 1 is 1.09 bits per heavy atom. The van der Waals surface area contributed by atoms with Gasteiger partial charge in [0.05, 0.1) is 20.1 Å². The molecular formula is C19H20O4. The molecule has 4 nitrogen and oxygen atoms in total. The van der Waals surface area contributed by atoms with E-state index in [1.54, 1.807) is 7.11 Å². The molecule has 0 amide bonds. The van der Waals surface area contributed by atoms with E-state index in [9.17, 15) is 4.79 Å². The summed E-state index contributed by atoms with van der Waals surface area (Å²) in [6, 6.07) is 15.9. The third-order valence-corrected chi connectivity index (χ3v) is 3.92. The van der Waals surface area contributed by atoms with Crippen molar-refractivity contribution in [1.29, 1.82) is 0 Å². The molecule has 4 heteroatoms. The summed E-state index contributed by atoms with van der Waals surface area (Å²) in [5.74, 6) is 1.58. The van der Waals surface area contributed by atoms with Crippen LogP contribution in [0.15, 0.2) is 48.5 Å². The van der Waals surface area contributed by atoms with Gasteiger partial charge in [0.1, 0.15) is 6.61 Å². The molecule has 1 aliphatic heterocycles. The highest BCUT2D eigenvalue weighted by Crippen LogP contribution is 2.30. The normalized spacial score (nSPS) is 16.9. The molecule has 1 fully saturated rings. The van der Waals surface area contributed by atoms with Crippen molar-refractivity contribution in [1.82, 2.24) is 0 Å². The second-order valence-electron chi connectivity index (χ2n) is 5.72.